The highest BCUT2D eigenvalue weighted by Gasteiger charge is 2.22. The van der Waals surface area contributed by atoms with Crippen molar-refractivity contribution in [2.45, 2.75) is 52.5 Å². The summed E-state index contributed by atoms with van der Waals surface area (Å²) >= 11 is 1.55. The zero-order valence-corrected chi connectivity index (χ0v) is 12.5. The van der Waals surface area contributed by atoms with E-state index in [-0.39, 0.29) is 18.1 Å². The summed E-state index contributed by atoms with van der Waals surface area (Å²) in [6, 6.07) is 1.99. The van der Waals surface area contributed by atoms with E-state index in [1.54, 1.807) is 11.3 Å². The van der Waals surface area contributed by atoms with Gasteiger partial charge in [0.15, 0.2) is 0 Å². The minimum absolute atomic E-state index is 0.0381. The molecule has 1 aromatic heterocycles. The van der Waals surface area contributed by atoms with Crippen LogP contribution in [-0.2, 0) is 6.42 Å². The Morgan fingerprint density at radius 3 is 2.72 bits per heavy atom. The van der Waals surface area contributed by atoms with E-state index in [1.807, 2.05) is 19.9 Å². The minimum Gasteiger partial charge on any atom is -0.396 e. The summed E-state index contributed by atoms with van der Waals surface area (Å²) in [5.74, 6) is -0.0381. The third-order valence-corrected chi connectivity index (χ3v) is 4.04. The lowest BCUT2D eigenvalue weighted by Crippen LogP contribution is -2.43. The van der Waals surface area contributed by atoms with E-state index in [4.69, 9.17) is 5.11 Å². The second kappa shape index (κ2) is 6.34. The fraction of sp³-hybridized carbons (Fsp3) is 0.643. The fourth-order valence-electron chi connectivity index (χ4n) is 1.86. The summed E-state index contributed by atoms with van der Waals surface area (Å²) in [5.41, 5.74) is 0.905. The largest absolute Gasteiger partial charge is 0.396 e. The fourth-order valence-corrected chi connectivity index (χ4v) is 2.83. The molecule has 0 saturated carbocycles. The van der Waals surface area contributed by atoms with E-state index in [9.17, 15) is 4.79 Å². The van der Waals surface area contributed by atoms with Crippen LogP contribution in [0.1, 0.15) is 53.7 Å². The molecule has 102 valence electrons. The summed E-state index contributed by atoms with van der Waals surface area (Å²) in [4.78, 5) is 14.1. The first-order chi connectivity index (χ1) is 8.39. The van der Waals surface area contributed by atoms with Gasteiger partial charge in [0.25, 0.3) is 5.91 Å². The number of carbonyl (C=O) groups excluding carboxylic acids is 1. The van der Waals surface area contributed by atoms with Crippen molar-refractivity contribution in [2.75, 3.05) is 6.61 Å². The third kappa shape index (κ3) is 4.10. The predicted molar refractivity (Wildman–Crippen MR) is 76.3 cm³/mol. The van der Waals surface area contributed by atoms with Crippen LogP contribution >= 0.6 is 11.3 Å². The molecule has 0 saturated heterocycles. The van der Waals surface area contributed by atoms with Crippen molar-refractivity contribution < 1.29 is 9.90 Å². The van der Waals surface area contributed by atoms with Gasteiger partial charge in [-0.2, -0.15) is 0 Å². The molecule has 4 heteroatoms. The summed E-state index contributed by atoms with van der Waals surface area (Å²) in [6.45, 7) is 8.13. The van der Waals surface area contributed by atoms with E-state index in [2.05, 4.69) is 19.2 Å². The standard InChI is InChI=1S/C14H23NO2S/c1-5-6-11-9-12(18-10(11)2)13(17)15-14(3,4)7-8-16/h9,16H,5-8H2,1-4H3,(H,15,17). The average molecular weight is 269 g/mol. The lowest BCUT2D eigenvalue weighted by atomic mass is 10.0. The lowest BCUT2D eigenvalue weighted by molar-refractivity contribution is 0.0903. The van der Waals surface area contributed by atoms with Gasteiger partial charge >= 0.3 is 0 Å². The maximum Gasteiger partial charge on any atom is 0.261 e. The van der Waals surface area contributed by atoms with Crippen LogP contribution in [0.3, 0.4) is 0 Å². The minimum atomic E-state index is -0.366. The van der Waals surface area contributed by atoms with Crippen molar-refractivity contribution in [1.82, 2.24) is 5.32 Å². The van der Waals surface area contributed by atoms with Crippen molar-refractivity contribution in [3.63, 3.8) is 0 Å². The molecule has 0 aliphatic rings. The second-order valence-electron chi connectivity index (χ2n) is 5.25. The van der Waals surface area contributed by atoms with Crippen LogP contribution in [0.15, 0.2) is 6.07 Å². The molecule has 1 heterocycles. The molecule has 0 fully saturated rings. The normalized spacial score (nSPS) is 11.6. The van der Waals surface area contributed by atoms with Gasteiger partial charge in [0.1, 0.15) is 0 Å². The van der Waals surface area contributed by atoms with Gasteiger partial charge in [-0.15, -0.1) is 11.3 Å². The maximum absolute atomic E-state index is 12.1. The number of thiophene rings is 1. The van der Waals surface area contributed by atoms with Crippen LogP contribution in [0.2, 0.25) is 0 Å². The number of nitrogens with one attached hydrogen (secondary N) is 1. The van der Waals surface area contributed by atoms with Gasteiger partial charge in [-0.25, -0.2) is 0 Å². The number of hydrogen-bond donors (Lipinski definition) is 2. The first-order valence-electron chi connectivity index (χ1n) is 6.42. The van der Waals surface area contributed by atoms with Crippen LogP contribution in [0, 0.1) is 6.92 Å². The van der Waals surface area contributed by atoms with Gasteiger partial charge in [0, 0.05) is 17.0 Å². The van der Waals surface area contributed by atoms with E-state index in [1.165, 1.54) is 10.4 Å². The Kier molecular flexibility index (Phi) is 5.35. The molecule has 0 atom stereocenters. The molecule has 0 spiro atoms. The predicted octanol–water partition coefficient (Wildman–Crippen LogP) is 2.90. The van der Waals surface area contributed by atoms with E-state index < -0.39 is 0 Å². The van der Waals surface area contributed by atoms with Crippen molar-refractivity contribution in [3.05, 3.63) is 21.4 Å². The van der Waals surface area contributed by atoms with Gasteiger partial charge in [-0.3, -0.25) is 4.79 Å². The summed E-state index contributed by atoms with van der Waals surface area (Å²) in [7, 11) is 0. The lowest BCUT2D eigenvalue weighted by Gasteiger charge is -2.24. The van der Waals surface area contributed by atoms with Gasteiger partial charge < -0.3 is 10.4 Å². The van der Waals surface area contributed by atoms with Gasteiger partial charge in [0.05, 0.1) is 4.88 Å². The number of aryl methyl sites for hydroxylation is 2. The molecule has 0 aliphatic carbocycles. The first-order valence-corrected chi connectivity index (χ1v) is 7.24. The van der Waals surface area contributed by atoms with Crippen LogP contribution in [0.4, 0.5) is 0 Å². The maximum atomic E-state index is 12.1. The molecule has 0 aliphatic heterocycles. The number of hydrogen-bond acceptors (Lipinski definition) is 3. The Bertz CT molecular complexity index is 410. The van der Waals surface area contributed by atoms with Crippen LogP contribution in [0.5, 0.6) is 0 Å². The summed E-state index contributed by atoms with van der Waals surface area (Å²) in [6.07, 6.45) is 2.68. The Hall–Kier alpha value is -0.870. The highest BCUT2D eigenvalue weighted by molar-refractivity contribution is 7.14. The monoisotopic (exact) mass is 269 g/mol. The quantitative estimate of drug-likeness (QED) is 0.834. The van der Waals surface area contributed by atoms with Crippen LogP contribution < -0.4 is 5.32 Å². The Labute approximate surface area is 113 Å². The van der Waals surface area contributed by atoms with Crippen molar-refractivity contribution in [1.29, 1.82) is 0 Å². The molecule has 3 nitrogen and oxygen atoms in total. The molecule has 1 aromatic rings. The highest BCUT2D eigenvalue weighted by atomic mass is 32.1. The molecular weight excluding hydrogens is 246 g/mol. The molecule has 18 heavy (non-hydrogen) atoms. The Morgan fingerprint density at radius 1 is 1.50 bits per heavy atom. The zero-order chi connectivity index (χ0) is 13.8. The van der Waals surface area contributed by atoms with Crippen molar-refractivity contribution in [3.8, 4) is 0 Å². The average Bonchev–Trinajstić information content (AvgIpc) is 2.60. The summed E-state index contributed by atoms with van der Waals surface area (Å²) in [5, 5.41) is 11.9. The van der Waals surface area contributed by atoms with Crippen molar-refractivity contribution >= 4 is 17.2 Å². The molecule has 0 unspecified atom stereocenters. The highest BCUT2D eigenvalue weighted by Crippen LogP contribution is 2.23. The van der Waals surface area contributed by atoms with E-state index in [0.29, 0.717) is 6.42 Å². The molecule has 1 amide bonds. The zero-order valence-electron chi connectivity index (χ0n) is 11.7. The third-order valence-electron chi connectivity index (χ3n) is 2.95. The second-order valence-corrected chi connectivity index (χ2v) is 6.51. The van der Waals surface area contributed by atoms with Crippen LogP contribution in [-0.4, -0.2) is 23.2 Å². The summed E-state index contributed by atoms with van der Waals surface area (Å²) < 4.78 is 0. The molecule has 2 N–H and O–H groups in total. The number of carbonyl (C=O) groups is 1. The topological polar surface area (TPSA) is 49.3 Å². The molecule has 0 aromatic carbocycles. The Morgan fingerprint density at radius 2 is 2.17 bits per heavy atom. The van der Waals surface area contributed by atoms with E-state index in [0.717, 1.165) is 17.7 Å². The molecule has 1 rings (SSSR count). The smallest absolute Gasteiger partial charge is 0.261 e. The number of amides is 1. The van der Waals surface area contributed by atoms with Gasteiger partial charge in [-0.05, 0) is 45.2 Å². The number of aliphatic hydroxyl groups is 1. The van der Waals surface area contributed by atoms with Crippen LogP contribution in [0.25, 0.3) is 0 Å². The van der Waals surface area contributed by atoms with Gasteiger partial charge in [0.2, 0.25) is 0 Å². The van der Waals surface area contributed by atoms with Crippen molar-refractivity contribution in [2.24, 2.45) is 0 Å². The molecule has 0 radical (unpaired) electrons. The Balaban J connectivity index is 2.75. The molecular formula is C14H23NO2S. The molecule has 0 bridgehead atoms. The number of rotatable bonds is 6. The first kappa shape index (κ1) is 15.2. The number of aliphatic hydroxyl groups excluding tert-OH is 1. The van der Waals surface area contributed by atoms with E-state index >= 15 is 0 Å². The SMILES string of the molecule is CCCc1cc(C(=O)NC(C)(C)CCO)sc1C. The van der Waals surface area contributed by atoms with Gasteiger partial charge in [-0.1, -0.05) is 13.3 Å².